The summed E-state index contributed by atoms with van der Waals surface area (Å²) in [6.45, 7) is 0.180. The molecule has 0 aliphatic carbocycles. The number of hydrogen-bond donors (Lipinski definition) is 1. The zero-order valence-corrected chi connectivity index (χ0v) is 9.00. The van der Waals surface area contributed by atoms with Crippen LogP contribution in [0.5, 0.6) is 0 Å². The lowest BCUT2D eigenvalue weighted by Gasteiger charge is -2.06. The van der Waals surface area contributed by atoms with Crippen LogP contribution in [0.25, 0.3) is 0 Å². The van der Waals surface area contributed by atoms with Gasteiger partial charge in [0.2, 0.25) is 5.91 Å². The Morgan fingerprint density at radius 3 is 3.00 bits per heavy atom. The number of hydrogen-bond acceptors (Lipinski definition) is 3. The molecule has 5 heteroatoms. The number of para-hydroxylation sites is 1. The summed E-state index contributed by atoms with van der Waals surface area (Å²) in [6.07, 6.45) is 4.88. The Morgan fingerprint density at radius 1 is 1.47 bits per heavy atom. The normalized spacial score (nSPS) is 9.59. The lowest BCUT2D eigenvalue weighted by atomic mass is 10.2. The highest BCUT2D eigenvalue weighted by Crippen LogP contribution is 2.13. The summed E-state index contributed by atoms with van der Waals surface area (Å²) in [5.74, 6) is -0.189. The van der Waals surface area contributed by atoms with Crippen LogP contribution in [0.2, 0.25) is 0 Å². The van der Waals surface area contributed by atoms with Gasteiger partial charge in [-0.25, -0.2) is 4.98 Å². The van der Waals surface area contributed by atoms with Gasteiger partial charge in [0.05, 0.1) is 17.6 Å². The number of anilines is 1. The molecule has 84 valence electrons. The van der Waals surface area contributed by atoms with Crippen LogP contribution in [0.1, 0.15) is 5.56 Å². The van der Waals surface area contributed by atoms with Crippen molar-refractivity contribution in [3.8, 4) is 6.07 Å². The van der Waals surface area contributed by atoms with Gasteiger partial charge in [-0.1, -0.05) is 12.1 Å². The third kappa shape index (κ3) is 2.69. The second kappa shape index (κ2) is 4.94. The molecule has 0 spiro atoms. The number of amides is 1. The predicted octanol–water partition coefficient (Wildman–Crippen LogP) is 1.39. The first-order valence-electron chi connectivity index (χ1n) is 5.04. The average Bonchev–Trinajstić information content (AvgIpc) is 2.82. The van der Waals surface area contributed by atoms with Crippen molar-refractivity contribution in [1.82, 2.24) is 9.55 Å². The standard InChI is InChI=1S/C12H10N4O/c13-7-10-3-1-2-4-11(10)15-12(17)8-16-6-5-14-9-16/h1-6,9H,8H2,(H,15,17). The highest BCUT2D eigenvalue weighted by molar-refractivity contribution is 5.91. The van der Waals surface area contributed by atoms with Crippen molar-refractivity contribution < 1.29 is 4.79 Å². The minimum Gasteiger partial charge on any atom is -0.328 e. The molecule has 2 aromatic rings. The van der Waals surface area contributed by atoms with Crippen molar-refractivity contribution in [2.45, 2.75) is 6.54 Å². The molecule has 0 fully saturated rings. The molecule has 5 nitrogen and oxygen atoms in total. The minimum atomic E-state index is -0.189. The van der Waals surface area contributed by atoms with E-state index in [0.717, 1.165) is 0 Å². The van der Waals surface area contributed by atoms with E-state index in [9.17, 15) is 4.79 Å². The fourth-order valence-corrected chi connectivity index (χ4v) is 1.43. The largest absolute Gasteiger partial charge is 0.328 e. The number of imidazole rings is 1. The van der Waals surface area contributed by atoms with E-state index in [4.69, 9.17) is 5.26 Å². The molecule has 0 aliphatic rings. The van der Waals surface area contributed by atoms with E-state index in [1.807, 2.05) is 6.07 Å². The number of rotatable bonds is 3. The van der Waals surface area contributed by atoms with Gasteiger partial charge in [0.15, 0.2) is 0 Å². The molecule has 0 aliphatic heterocycles. The quantitative estimate of drug-likeness (QED) is 0.859. The smallest absolute Gasteiger partial charge is 0.244 e. The number of aromatic nitrogens is 2. The molecular weight excluding hydrogens is 216 g/mol. The van der Waals surface area contributed by atoms with Gasteiger partial charge >= 0.3 is 0 Å². The van der Waals surface area contributed by atoms with E-state index in [1.54, 1.807) is 47.6 Å². The monoisotopic (exact) mass is 226 g/mol. The molecule has 1 heterocycles. The average molecular weight is 226 g/mol. The molecule has 0 bridgehead atoms. The molecular formula is C12H10N4O. The van der Waals surface area contributed by atoms with Crippen LogP contribution >= 0.6 is 0 Å². The maximum absolute atomic E-state index is 11.7. The number of nitrogens with one attached hydrogen (secondary N) is 1. The number of benzene rings is 1. The van der Waals surface area contributed by atoms with Crippen LogP contribution in [0.4, 0.5) is 5.69 Å². The van der Waals surface area contributed by atoms with Gasteiger partial charge < -0.3 is 9.88 Å². The van der Waals surface area contributed by atoms with E-state index >= 15 is 0 Å². The van der Waals surface area contributed by atoms with Crippen molar-refractivity contribution in [3.05, 3.63) is 48.5 Å². The molecule has 1 aromatic heterocycles. The van der Waals surface area contributed by atoms with Gasteiger partial charge in [-0.3, -0.25) is 4.79 Å². The summed E-state index contributed by atoms with van der Waals surface area (Å²) in [7, 11) is 0. The summed E-state index contributed by atoms with van der Waals surface area (Å²) in [5.41, 5.74) is 0.978. The second-order valence-corrected chi connectivity index (χ2v) is 3.44. The van der Waals surface area contributed by atoms with E-state index in [-0.39, 0.29) is 12.5 Å². The van der Waals surface area contributed by atoms with E-state index in [2.05, 4.69) is 10.3 Å². The molecule has 0 unspecified atom stereocenters. The second-order valence-electron chi connectivity index (χ2n) is 3.44. The first-order valence-corrected chi connectivity index (χ1v) is 5.04. The molecule has 1 N–H and O–H groups in total. The number of carbonyl (C=O) groups is 1. The summed E-state index contributed by atoms with van der Waals surface area (Å²) in [6, 6.07) is 8.91. The lowest BCUT2D eigenvalue weighted by Crippen LogP contribution is -2.18. The number of carbonyl (C=O) groups excluding carboxylic acids is 1. The minimum absolute atomic E-state index is 0.180. The van der Waals surface area contributed by atoms with Gasteiger partial charge in [0, 0.05) is 12.4 Å². The van der Waals surface area contributed by atoms with Crippen molar-refractivity contribution >= 4 is 11.6 Å². The molecule has 0 saturated carbocycles. The van der Waals surface area contributed by atoms with Gasteiger partial charge in [0.25, 0.3) is 0 Å². The summed E-state index contributed by atoms with van der Waals surface area (Å²) >= 11 is 0. The van der Waals surface area contributed by atoms with Crippen molar-refractivity contribution in [2.75, 3.05) is 5.32 Å². The highest BCUT2D eigenvalue weighted by Gasteiger charge is 2.06. The molecule has 2 rings (SSSR count). The zero-order chi connectivity index (χ0) is 12.1. The fraction of sp³-hybridized carbons (Fsp3) is 0.0833. The van der Waals surface area contributed by atoms with Crippen LogP contribution in [-0.2, 0) is 11.3 Å². The molecule has 1 amide bonds. The Morgan fingerprint density at radius 2 is 2.29 bits per heavy atom. The zero-order valence-electron chi connectivity index (χ0n) is 9.00. The molecule has 1 aromatic carbocycles. The number of nitrogens with zero attached hydrogens (tertiary/aromatic N) is 3. The van der Waals surface area contributed by atoms with E-state index in [1.165, 1.54) is 0 Å². The van der Waals surface area contributed by atoms with Crippen molar-refractivity contribution in [3.63, 3.8) is 0 Å². The molecule has 17 heavy (non-hydrogen) atoms. The van der Waals surface area contributed by atoms with Gasteiger partial charge in [-0.05, 0) is 12.1 Å². The van der Waals surface area contributed by atoms with Crippen LogP contribution < -0.4 is 5.32 Å². The first kappa shape index (κ1) is 10.9. The Kier molecular flexibility index (Phi) is 3.17. The van der Waals surface area contributed by atoms with Crippen LogP contribution in [-0.4, -0.2) is 15.5 Å². The maximum Gasteiger partial charge on any atom is 0.244 e. The molecule has 0 saturated heterocycles. The van der Waals surface area contributed by atoms with Gasteiger partial charge in [0.1, 0.15) is 12.6 Å². The Labute approximate surface area is 98.3 Å². The summed E-state index contributed by atoms with van der Waals surface area (Å²) < 4.78 is 1.66. The molecule has 0 atom stereocenters. The van der Waals surface area contributed by atoms with E-state index < -0.39 is 0 Å². The van der Waals surface area contributed by atoms with E-state index in [0.29, 0.717) is 11.3 Å². The van der Waals surface area contributed by atoms with Crippen molar-refractivity contribution in [1.29, 1.82) is 5.26 Å². The SMILES string of the molecule is N#Cc1ccccc1NC(=O)Cn1ccnc1. The van der Waals surface area contributed by atoms with Crippen molar-refractivity contribution in [2.24, 2.45) is 0 Å². The Balaban J connectivity index is 2.06. The first-order chi connectivity index (χ1) is 8.29. The maximum atomic E-state index is 11.7. The van der Waals surface area contributed by atoms with Crippen LogP contribution in [0.3, 0.4) is 0 Å². The Hall–Kier alpha value is -2.61. The predicted molar refractivity (Wildman–Crippen MR) is 62.0 cm³/mol. The van der Waals surface area contributed by atoms with Crippen LogP contribution in [0.15, 0.2) is 43.0 Å². The Bertz CT molecular complexity index is 554. The fourth-order valence-electron chi connectivity index (χ4n) is 1.43. The summed E-state index contributed by atoms with van der Waals surface area (Å²) in [4.78, 5) is 15.5. The summed E-state index contributed by atoms with van der Waals surface area (Å²) in [5, 5.41) is 11.6. The molecule has 0 radical (unpaired) electrons. The third-order valence-electron chi connectivity index (χ3n) is 2.21. The van der Waals surface area contributed by atoms with Gasteiger partial charge in [-0.15, -0.1) is 0 Å². The lowest BCUT2D eigenvalue weighted by molar-refractivity contribution is -0.116. The topological polar surface area (TPSA) is 70.7 Å². The highest BCUT2D eigenvalue weighted by atomic mass is 16.1. The van der Waals surface area contributed by atoms with Gasteiger partial charge in [-0.2, -0.15) is 5.26 Å². The number of nitriles is 1. The van der Waals surface area contributed by atoms with Crippen LogP contribution in [0, 0.1) is 11.3 Å². The third-order valence-corrected chi connectivity index (χ3v) is 2.21.